The SMILES string of the molecule is C#CCN(CC#C)Cc1cn(CCCCCCCC)nn1. The molecule has 0 aliphatic rings. The predicted molar refractivity (Wildman–Crippen MR) is 86.3 cm³/mol. The van der Waals surface area contributed by atoms with Crippen molar-refractivity contribution in [2.24, 2.45) is 0 Å². The van der Waals surface area contributed by atoms with E-state index in [1.165, 1.54) is 32.1 Å². The van der Waals surface area contributed by atoms with Gasteiger partial charge in [0.05, 0.1) is 18.8 Å². The molecule has 1 aromatic rings. The highest BCUT2D eigenvalue weighted by Crippen LogP contribution is 2.06. The Hall–Kier alpha value is -1.78. The molecule has 0 aromatic carbocycles. The summed E-state index contributed by atoms with van der Waals surface area (Å²) >= 11 is 0. The lowest BCUT2D eigenvalue weighted by Crippen LogP contribution is -2.24. The van der Waals surface area contributed by atoms with Crippen molar-refractivity contribution in [2.75, 3.05) is 13.1 Å². The Morgan fingerprint density at radius 1 is 1.10 bits per heavy atom. The average Bonchev–Trinajstić information content (AvgIpc) is 2.91. The maximum Gasteiger partial charge on any atom is 0.0967 e. The van der Waals surface area contributed by atoms with Crippen LogP contribution in [0.2, 0.25) is 0 Å². The number of nitrogens with zero attached hydrogens (tertiary/aromatic N) is 4. The van der Waals surface area contributed by atoms with Crippen LogP contribution in [0.15, 0.2) is 6.20 Å². The van der Waals surface area contributed by atoms with E-state index in [1.54, 1.807) is 0 Å². The number of aromatic nitrogens is 3. The lowest BCUT2D eigenvalue weighted by molar-refractivity contribution is 0.333. The van der Waals surface area contributed by atoms with E-state index in [0.717, 1.165) is 18.7 Å². The lowest BCUT2D eigenvalue weighted by atomic mass is 10.1. The van der Waals surface area contributed by atoms with Crippen LogP contribution in [0.1, 0.15) is 51.1 Å². The minimum atomic E-state index is 0.536. The molecule has 114 valence electrons. The van der Waals surface area contributed by atoms with Crippen LogP contribution in [0, 0.1) is 24.7 Å². The molecule has 0 bridgehead atoms. The molecule has 0 atom stereocenters. The molecule has 0 saturated heterocycles. The third kappa shape index (κ3) is 7.54. The number of hydrogen-bond acceptors (Lipinski definition) is 3. The van der Waals surface area contributed by atoms with Crippen molar-refractivity contribution in [3.8, 4) is 24.7 Å². The Labute approximate surface area is 128 Å². The Bertz CT molecular complexity index is 448. The van der Waals surface area contributed by atoms with Gasteiger partial charge in [0.25, 0.3) is 0 Å². The summed E-state index contributed by atoms with van der Waals surface area (Å²) in [6.45, 7) is 4.90. The Morgan fingerprint density at radius 3 is 2.43 bits per heavy atom. The van der Waals surface area contributed by atoms with E-state index in [2.05, 4.69) is 29.1 Å². The highest BCUT2D eigenvalue weighted by atomic mass is 15.4. The predicted octanol–water partition coefficient (Wildman–Crippen LogP) is 2.71. The van der Waals surface area contributed by atoms with Crippen LogP contribution in [-0.4, -0.2) is 33.0 Å². The van der Waals surface area contributed by atoms with E-state index >= 15 is 0 Å². The van der Waals surface area contributed by atoms with Gasteiger partial charge in [0.2, 0.25) is 0 Å². The maximum atomic E-state index is 5.33. The van der Waals surface area contributed by atoms with Crippen LogP contribution in [0.4, 0.5) is 0 Å². The molecular formula is C17H26N4. The third-order valence-corrected chi connectivity index (χ3v) is 3.34. The molecule has 1 heterocycles. The van der Waals surface area contributed by atoms with Crippen molar-refractivity contribution in [3.63, 3.8) is 0 Å². The van der Waals surface area contributed by atoms with Gasteiger partial charge < -0.3 is 0 Å². The minimum absolute atomic E-state index is 0.536. The van der Waals surface area contributed by atoms with E-state index in [4.69, 9.17) is 12.8 Å². The summed E-state index contributed by atoms with van der Waals surface area (Å²) in [6, 6.07) is 0. The molecular weight excluding hydrogens is 260 g/mol. The quantitative estimate of drug-likeness (QED) is 0.463. The smallest absolute Gasteiger partial charge is 0.0967 e. The molecule has 1 aromatic heterocycles. The number of aryl methyl sites for hydroxylation is 1. The Morgan fingerprint density at radius 2 is 1.76 bits per heavy atom. The van der Waals surface area contributed by atoms with Crippen molar-refractivity contribution in [1.29, 1.82) is 0 Å². The summed E-state index contributed by atoms with van der Waals surface area (Å²) in [5.41, 5.74) is 0.923. The van der Waals surface area contributed by atoms with E-state index in [1.807, 2.05) is 15.8 Å². The third-order valence-electron chi connectivity index (χ3n) is 3.34. The first kappa shape index (κ1) is 17.3. The first-order chi connectivity index (χ1) is 10.3. The topological polar surface area (TPSA) is 34.0 Å². The molecule has 0 saturated carbocycles. The first-order valence-electron chi connectivity index (χ1n) is 7.78. The van der Waals surface area contributed by atoms with Gasteiger partial charge in [-0.3, -0.25) is 9.58 Å². The molecule has 0 fully saturated rings. The van der Waals surface area contributed by atoms with Gasteiger partial charge in [-0.2, -0.15) is 0 Å². The van der Waals surface area contributed by atoms with Gasteiger partial charge in [0, 0.05) is 19.3 Å². The van der Waals surface area contributed by atoms with Gasteiger partial charge in [0.1, 0.15) is 0 Å². The lowest BCUT2D eigenvalue weighted by Gasteiger charge is -2.14. The molecule has 0 N–H and O–H groups in total. The minimum Gasteiger partial charge on any atom is -0.275 e. The molecule has 0 aliphatic carbocycles. The van der Waals surface area contributed by atoms with Crippen molar-refractivity contribution >= 4 is 0 Å². The summed E-state index contributed by atoms with van der Waals surface area (Å²) in [7, 11) is 0. The second-order valence-electron chi connectivity index (χ2n) is 5.29. The molecule has 0 unspecified atom stereocenters. The maximum absolute atomic E-state index is 5.33. The van der Waals surface area contributed by atoms with Crippen LogP contribution in [0.5, 0.6) is 0 Å². The number of terminal acetylenes is 2. The van der Waals surface area contributed by atoms with Crippen LogP contribution in [0.25, 0.3) is 0 Å². The number of rotatable bonds is 11. The average molecular weight is 286 g/mol. The molecule has 21 heavy (non-hydrogen) atoms. The van der Waals surface area contributed by atoms with Gasteiger partial charge in [-0.1, -0.05) is 56.1 Å². The number of hydrogen-bond donors (Lipinski definition) is 0. The second kappa shape index (κ2) is 10.9. The van der Waals surface area contributed by atoms with Crippen molar-refractivity contribution in [1.82, 2.24) is 19.9 Å². The van der Waals surface area contributed by atoms with Crippen molar-refractivity contribution < 1.29 is 0 Å². The highest BCUT2D eigenvalue weighted by Gasteiger charge is 2.06. The molecule has 1 rings (SSSR count). The van der Waals surface area contributed by atoms with Crippen LogP contribution in [0.3, 0.4) is 0 Å². The second-order valence-corrected chi connectivity index (χ2v) is 5.29. The fourth-order valence-corrected chi connectivity index (χ4v) is 2.23. The summed E-state index contributed by atoms with van der Waals surface area (Å²) < 4.78 is 1.92. The molecule has 0 amide bonds. The van der Waals surface area contributed by atoms with Crippen molar-refractivity contribution in [2.45, 2.75) is 58.5 Å². The van der Waals surface area contributed by atoms with Gasteiger partial charge in [-0.05, 0) is 6.42 Å². The molecule has 4 nitrogen and oxygen atoms in total. The van der Waals surface area contributed by atoms with Gasteiger partial charge >= 0.3 is 0 Å². The van der Waals surface area contributed by atoms with E-state index in [9.17, 15) is 0 Å². The molecule has 0 spiro atoms. The van der Waals surface area contributed by atoms with Gasteiger partial charge in [0.15, 0.2) is 0 Å². The molecule has 4 heteroatoms. The van der Waals surface area contributed by atoms with Crippen LogP contribution >= 0.6 is 0 Å². The number of unbranched alkanes of at least 4 members (excludes halogenated alkanes) is 5. The van der Waals surface area contributed by atoms with E-state index in [-0.39, 0.29) is 0 Å². The zero-order valence-corrected chi connectivity index (χ0v) is 13.1. The highest BCUT2D eigenvalue weighted by molar-refractivity contribution is 4.99. The van der Waals surface area contributed by atoms with Gasteiger partial charge in [-0.25, -0.2) is 0 Å². The van der Waals surface area contributed by atoms with Crippen molar-refractivity contribution in [3.05, 3.63) is 11.9 Å². The summed E-state index contributed by atoms with van der Waals surface area (Å²) in [5.74, 6) is 5.23. The zero-order valence-electron chi connectivity index (χ0n) is 13.1. The monoisotopic (exact) mass is 286 g/mol. The fourth-order valence-electron chi connectivity index (χ4n) is 2.23. The van der Waals surface area contributed by atoms with Crippen LogP contribution < -0.4 is 0 Å². The molecule has 0 radical (unpaired) electrons. The summed E-state index contributed by atoms with van der Waals surface area (Å²) in [4.78, 5) is 2.00. The molecule has 0 aliphatic heterocycles. The largest absolute Gasteiger partial charge is 0.275 e. The zero-order chi connectivity index (χ0) is 15.3. The van der Waals surface area contributed by atoms with Gasteiger partial charge in [-0.15, -0.1) is 17.9 Å². The normalized spacial score (nSPS) is 10.5. The Kier molecular flexibility index (Phi) is 9.00. The fraction of sp³-hybridized carbons (Fsp3) is 0.647. The Balaban J connectivity index is 2.29. The van der Waals surface area contributed by atoms with E-state index in [0.29, 0.717) is 19.6 Å². The van der Waals surface area contributed by atoms with Crippen LogP contribution in [-0.2, 0) is 13.1 Å². The summed E-state index contributed by atoms with van der Waals surface area (Å²) in [5, 5.41) is 8.34. The van der Waals surface area contributed by atoms with E-state index < -0.39 is 0 Å². The standard InChI is InChI=1S/C17H26N4/c1-4-7-8-9-10-11-14-21-16-17(18-19-21)15-20(12-5-2)13-6-3/h2-3,16H,4,7-15H2,1H3. The summed E-state index contributed by atoms with van der Waals surface area (Å²) in [6.07, 6.45) is 20.4. The first-order valence-corrected chi connectivity index (χ1v) is 7.78.